The molecule has 6 heteroatoms. The van der Waals surface area contributed by atoms with Crippen molar-refractivity contribution in [3.05, 3.63) is 102 Å². The third-order valence-electron chi connectivity index (χ3n) is 5.99. The Balaban J connectivity index is 1.28. The average molecular weight is 446 g/mol. The Morgan fingerprint density at radius 1 is 0.879 bits per heavy atom. The maximum atomic E-state index is 13.5. The van der Waals surface area contributed by atoms with E-state index < -0.39 is 6.10 Å². The van der Waals surface area contributed by atoms with Crippen LogP contribution in [0.1, 0.15) is 22.6 Å². The summed E-state index contributed by atoms with van der Waals surface area (Å²) in [6, 6.07) is 23.8. The first-order valence-electron chi connectivity index (χ1n) is 11.5. The van der Waals surface area contributed by atoms with Gasteiger partial charge in [0.15, 0.2) is 0 Å². The topological polar surface area (TPSA) is 65.9 Å². The minimum Gasteiger partial charge on any atom is -0.389 e. The summed E-state index contributed by atoms with van der Waals surface area (Å²) in [5, 5.41) is 10.4. The van der Waals surface area contributed by atoms with Gasteiger partial charge in [-0.3, -0.25) is 14.7 Å². The summed E-state index contributed by atoms with van der Waals surface area (Å²) >= 11 is 0. The Morgan fingerprint density at radius 2 is 1.45 bits per heavy atom. The van der Waals surface area contributed by atoms with Gasteiger partial charge in [0.25, 0.3) is 0 Å². The SMILES string of the molecule is O=C(C(c1ccccc1)c1ccccc1)N1CCN(CC(O)COCc2ccncc2)CC1. The number of aromatic nitrogens is 1. The van der Waals surface area contributed by atoms with Gasteiger partial charge in [0, 0.05) is 45.1 Å². The number of pyridine rings is 1. The van der Waals surface area contributed by atoms with Crippen molar-refractivity contribution < 1.29 is 14.6 Å². The molecule has 0 saturated carbocycles. The van der Waals surface area contributed by atoms with Crippen LogP contribution < -0.4 is 0 Å². The highest BCUT2D eigenvalue weighted by molar-refractivity contribution is 5.87. The molecule has 33 heavy (non-hydrogen) atoms. The second kappa shape index (κ2) is 11.7. The summed E-state index contributed by atoms with van der Waals surface area (Å²) in [4.78, 5) is 21.7. The van der Waals surface area contributed by atoms with Gasteiger partial charge in [-0.25, -0.2) is 0 Å². The fraction of sp³-hybridized carbons (Fsp3) is 0.333. The second-order valence-corrected chi connectivity index (χ2v) is 8.40. The molecule has 1 aliphatic heterocycles. The number of aliphatic hydroxyl groups excluding tert-OH is 1. The predicted molar refractivity (Wildman–Crippen MR) is 128 cm³/mol. The summed E-state index contributed by atoms with van der Waals surface area (Å²) in [7, 11) is 0. The number of piperazine rings is 1. The molecule has 1 unspecified atom stereocenters. The quantitative estimate of drug-likeness (QED) is 0.549. The number of rotatable bonds is 9. The number of aliphatic hydroxyl groups is 1. The van der Waals surface area contributed by atoms with Crippen LogP contribution in [-0.4, -0.2) is 71.2 Å². The standard InChI is InChI=1S/C27H31N3O3/c31-25(21-33-20-22-11-13-28-14-12-22)19-29-15-17-30(18-16-29)27(32)26(23-7-3-1-4-8-23)24-9-5-2-6-10-24/h1-14,25-26,31H,15-21H2. The maximum absolute atomic E-state index is 13.5. The molecule has 172 valence electrons. The zero-order valence-electron chi connectivity index (χ0n) is 18.8. The molecule has 1 N–H and O–H groups in total. The van der Waals surface area contributed by atoms with Crippen molar-refractivity contribution in [3.8, 4) is 0 Å². The molecular formula is C27H31N3O3. The lowest BCUT2D eigenvalue weighted by molar-refractivity contribution is -0.133. The number of ether oxygens (including phenoxy) is 1. The predicted octanol–water partition coefficient (Wildman–Crippen LogP) is 2.94. The highest BCUT2D eigenvalue weighted by atomic mass is 16.5. The number of benzene rings is 2. The third-order valence-corrected chi connectivity index (χ3v) is 5.99. The van der Waals surface area contributed by atoms with Gasteiger partial charge in [0.1, 0.15) is 0 Å². The Bertz CT molecular complexity index is 938. The maximum Gasteiger partial charge on any atom is 0.234 e. The summed E-state index contributed by atoms with van der Waals surface area (Å²) < 4.78 is 5.64. The smallest absolute Gasteiger partial charge is 0.234 e. The van der Waals surface area contributed by atoms with Gasteiger partial charge >= 0.3 is 0 Å². The van der Waals surface area contributed by atoms with Crippen LogP contribution in [0.2, 0.25) is 0 Å². The number of nitrogens with zero attached hydrogens (tertiary/aromatic N) is 3. The molecule has 1 aliphatic rings. The molecule has 6 nitrogen and oxygen atoms in total. The van der Waals surface area contributed by atoms with Crippen LogP contribution in [0.4, 0.5) is 0 Å². The van der Waals surface area contributed by atoms with Gasteiger partial charge in [0.05, 0.1) is 25.2 Å². The van der Waals surface area contributed by atoms with Gasteiger partial charge in [0.2, 0.25) is 5.91 Å². The van der Waals surface area contributed by atoms with E-state index in [9.17, 15) is 9.90 Å². The first kappa shape index (κ1) is 23.1. The minimum absolute atomic E-state index is 0.133. The number of carbonyl (C=O) groups excluding carboxylic acids is 1. The molecular weight excluding hydrogens is 414 g/mol. The van der Waals surface area contributed by atoms with E-state index >= 15 is 0 Å². The van der Waals surface area contributed by atoms with Gasteiger partial charge in [-0.2, -0.15) is 0 Å². The first-order valence-corrected chi connectivity index (χ1v) is 11.5. The molecule has 2 heterocycles. The molecule has 1 atom stereocenters. The van der Waals surface area contributed by atoms with Crippen molar-refractivity contribution in [2.45, 2.75) is 18.6 Å². The van der Waals surface area contributed by atoms with Crippen molar-refractivity contribution in [3.63, 3.8) is 0 Å². The van der Waals surface area contributed by atoms with E-state index in [1.807, 2.05) is 77.7 Å². The summed E-state index contributed by atoms with van der Waals surface area (Å²) in [6.07, 6.45) is 2.90. The molecule has 1 fully saturated rings. The Morgan fingerprint density at radius 3 is 2.03 bits per heavy atom. The molecule has 0 bridgehead atoms. The zero-order valence-corrected chi connectivity index (χ0v) is 18.8. The van der Waals surface area contributed by atoms with Gasteiger partial charge in [-0.1, -0.05) is 60.7 Å². The van der Waals surface area contributed by atoms with Crippen LogP contribution in [0.5, 0.6) is 0 Å². The lowest BCUT2D eigenvalue weighted by atomic mass is 9.90. The van der Waals surface area contributed by atoms with Crippen molar-refractivity contribution in [1.29, 1.82) is 0 Å². The lowest BCUT2D eigenvalue weighted by Crippen LogP contribution is -2.51. The summed E-state index contributed by atoms with van der Waals surface area (Å²) in [5.74, 6) is -0.167. The molecule has 2 aromatic carbocycles. The van der Waals surface area contributed by atoms with Crippen LogP contribution in [0.15, 0.2) is 85.2 Å². The van der Waals surface area contributed by atoms with E-state index in [0.717, 1.165) is 29.8 Å². The van der Waals surface area contributed by atoms with Crippen molar-refractivity contribution in [2.75, 3.05) is 39.3 Å². The van der Waals surface area contributed by atoms with Crippen molar-refractivity contribution in [1.82, 2.24) is 14.8 Å². The fourth-order valence-corrected chi connectivity index (χ4v) is 4.24. The molecule has 1 aromatic heterocycles. The van der Waals surface area contributed by atoms with Gasteiger partial charge in [-0.05, 0) is 28.8 Å². The second-order valence-electron chi connectivity index (χ2n) is 8.40. The van der Waals surface area contributed by atoms with E-state index in [-0.39, 0.29) is 18.4 Å². The largest absolute Gasteiger partial charge is 0.389 e. The normalized spacial score (nSPS) is 15.5. The number of hydrogen-bond acceptors (Lipinski definition) is 5. The van der Waals surface area contributed by atoms with E-state index in [1.54, 1.807) is 12.4 Å². The number of β-amino-alcohol motifs (C(OH)–C–C–N with tert-alkyl or cyclic N) is 1. The number of hydrogen-bond donors (Lipinski definition) is 1. The van der Waals surface area contributed by atoms with E-state index in [0.29, 0.717) is 26.2 Å². The third kappa shape index (κ3) is 6.48. The zero-order chi connectivity index (χ0) is 22.9. The summed E-state index contributed by atoms with van der Waals surface area (Å²) in [6.45, 7) is 4.07. The highest BCUT2D eigenvalue weighted by Crippen LogP contribution is 2.27. The molecule has 3 aromatic rings. The van der Waals surface area contributed by atoms with E-state index in [1.165, 1.54) is 0 Å². The molecule has 0 spiro atoms. The molecule has 0 radical (unpaired) electrons. The van der Waals surface area contributed by atoms with Crippen LogP contribution in [0.3, 0.4) is 0 Å². The lowest BCUT2D eigenvalue weighted by Gasteiger charge is -2.37. The first-order chi connectivity index (χ1) is 16.2. The van der Waals surface area contributed by atoms with Crippen LogP contribution >= 0.6 is 0 Å². The monoisotopic (exact) mass is 445 g/mol. The highest BCUT2D eigenvalue weighted by Gasteiger charge is 2.30. The van der Waals surface area contributed by atoms with Crippen LogP contribution in [0.25, 0.3) is 0 Å². The van der Waals surface area contributed by atoms with Crippen LogP contribution in [0, 0.1) is 0 Å². The molecule has 4 rings (SSSR count). The minimum atomic E-state index is -0.560. The number of amides is 1. The Hall–Kier alpha value is -3.06. The van der Waals surface area contributed by atoms with Crippen LogP contribution in [-0.2, 0) is 16.1 Å². The van der Waals surface area contributed by atoms with E-state index in [4.69, 9.17) is 4.74 Å². The molecule has 1 amide bonds. The molecule has 0 aliphatic carbocycles. The Labute approximate surface area is 195 Å². The van der Waals surface area contributed by atoms with E-state index in [2.05, 4.69) is 9.88 Å². The summed E-state index contributed by atoms with van der Waals surface area (Å²) in [5.41, 5.74) is 3.06. The van der Waals surface area contributed by atoms with Gasteiger partial charge < -0.3 is 14.7 Å². The average Bonchev–Trinajstić information content (AvgIpc) is 2.86. The van der Waals surface area contributed by atoms with Gasteiger partial charge in [-0.15, -0.1) is 0 Å². The fourth-order valence-electron chi connectivity index (χ4n) is 4.24. The molecule has 1 saturated heterocycles. The Kier molecular flexibility index (Phi) is 8.19. The van der Waals surface area contributed by atoms with Crippen molar-refractivity contribution >= 4 is 5.91 Å². The van der Waals surface area contributed by atoms with Crippen molar-refractivity contribution in [2.24, 2.45) is 0 Å². The number of carbonyl (C=O) groups is 1.